The zero-order valence-corrected chi connectivity index (χ0v) is 14.0. The standard InChI is InChI=1S/C21H17N3O2/c25-21(26)15-6-7-17-16-9-10-22-13-18(16)20(24-19(17)12-15)23-11-8-14-4-2-1-3-5-14/h1-7,9-10,12-13H,8,11H2,(H,23,24)(H,25,26). The van der Waals surface area contributed by atoms with Crippen molar-refractivity contribution in [1.82, 2.24) is 9.97 Å². The largest absolute Gasteiger partial charge is 0.478 e. The third kappa shape index (κ3) is 3.07. The van der Waals surface area contributed by atoms with Crippen molar-refractivity contribution in [2.75, 3.05) is 11.9 Å². The molecule has 0 saturated carbocycles. The summed E-state index contributed by atoms with van der Waals surface area (Å²) in [5.41, 5.74) is 2.14. The predicted octanol–water partition coefficient (Wildman–Crippen LogP) is 4.14. The zero-order valence-electron chi connectivity index (χ0n) is 14.0. The summed E-state index contributed by atoms with van der Waals surface area (Å²) in [6.07, 6.45) is 4.40. The van der Waals surface area contributed by atoms with Gasteiger partial charge in [-0.1, -0.05) is 36.4 Å². The lowest BCUT2D eigenvalue weighted by Crippen LogP contribution is -2.07. The molecule has 0 aliphatic heterocycles. The van der Waals surface area contributed by atoms with Gasteiger partial charge in [0.2, 0.25) is 0 Å². The Morgan fingerprint density at radius 2 is 1.85 bits per heavy atom. The maximum absolute atomic E-state index is 11.3. The monoisotopic (exact) mass is 343 g/mol. The normalized spacial score (nSPS) is 10.9. The van der Waals surface area contributed by atoms with Gasteiger partial charge in [0.25, 0.3) is 0 Å². The van der Waals surface area contributed by atoms with E-state index in [0.717, 1.165) is 34.9 Å². The summed E-state index contributed by atoms with van der Waals surface area (Å²) in [5.74, 6) is -0.235. The van der Waals surface area contributed by atoms with Gasteiger partial charge in [0.1, 0.15) is 5.82 Å². The molecule has 2 heterocycles. The van der Waals surface area contributed by atoms with Crippen molar-refractivity contribution in [2.24, 2.45) is 0 Å². The van der Waals surface area contributed by atoms with Gasteiger partial charge in [-0.25, -0.2) is 9.78 Å². The van der Waals surface area contributed by atoms with Crippen LogP contribution in [-0.4, -0.2) is 27.6 Å². The topological polar surface area (TPSA) is 75.1 Å². The summed E-state index contributed by atoms with van der Waals surface area (Å²) in [6, 6.07) is 17.2. The van der Waals surface area contributed by atoms with Crippen molar-refractivity contribution in [2.45, 2.75) is 6.42 Å². The molecule has 128 valence electrons. The number of rotatable bonds is 5. The fourth-order valence-corrected chi connectivity index (χ4v) is 3.09. The third-order valence-electron chi connectivity index (χ3n) is 4.39. The molecule has 2 N–H and O–H groups in total. The fraction of sp³-hybridized carbons (Fsp3) is 0.0952. The first-order valence-electron chi connectivity index (χ1n) is 8.41. The number of pyridine rings is 2. The molecule has 0 aliphatic carbocycles. The van der Waals surface area contributed by atoms with Gasteiger partial charge >= 0.3 is 5.97 Å². The van der Waals surface area contributed by atoms with Crippen LogP contribution < -0.4 is 5.32 Å². The number of hydrogen-bond donors (Lipinski definition) is 2. The van der Waals surface area contributed by atoms with Crippen LogP contribution in [0, 0.1) is 0 Å². The molecule has 5 nitrogen and oxygen atoms in total. The molecule has 2 aromatic heterocycles. The van der Waals surface area contributed by atoms with Gasteiger partial charge in [0, 0.05) is 29.7 Å². The van der Waals surface area contributed by atoms with Crippen molar-refractivity contribution in [3.63, 3.8) is 0 Å². The first kappa shape index (κ1) is 16.0. The summed E-state index contributed by atoms with van der Waals surface area (Å²) >= 11 is 0. The molecule has 0 radical (unpaired) electrons. The highest BCUT2D eigenvalue weighted by atomic mass is 16.4. The summed E-state index contributed by atoms with van der Waals surface area (Å²) in [6.45, 7) is 0.727. The number of aromatic nitrogens is 2. The number of benzene rings is 2. The van der Waals surface area contributed by atoms with E-state index in [0.29, 0.717) is 5.52 Å². The van der Waals surface area contributed by atoms with E-state index in [4.69, 9.17) is 0 Å². The number of nitrogens with one attached hydrogen (secondary N) is 1. The summed E-state index contributed by atoms with van der Waals surface area (Å²) < 4.78 is 0. The van der Waals surface area contributed by atoms with Crippen LogP contribution >= 0.6 is 0 Å². The summed E-state index contributed by atoms with van der Waals surface area (Å²) in [5, 5.41) is 15.5. The van der Waals surface area contributed by atoms with Crippen molar-refractivity contribution < 1.29 is 9.90 Å². The minimum absolute atomic E-state index is 0.230. The Labute approximate surface area is 150 Å². The number of carboxylic acids is 1. The average Bonchev–Trinajstić information content (AvgIpc) is 2.68. The van der Waals surface area contributed by atoms with Crippen LogP contribution in [0.3, 0.4) is 0 Å². The molecule has 2 aromatic carbocycles. The average molecular weight is 343 g/mol. The number of nitrogens with zero attached hydrogens (tertiary/aromatic N) is 2. The van der Waals surface area contributed by atoms with Crippen molar-refractivity contribution >= 4 is 33.5 Å². The van der Waals surface area contributed by atoms with Gasteiger partial charge in [0.05, 0.1) is 11.1 Å². The molecule has 5 heteroatoms. The Morgan fingerprint density at radius 1 is 1.00 bits per heavy atom. The molecular formula is C21H17N3O2. The second-order valence-electron chi connectivity index (χ2n) is 6.08. The molecule has 0 bridgehead atoms. The highest BCUT2D eigenvalue weighted by Gasteiger charge is 2.11. The zero-order chi connectivity index (χ0) is 17.9. The third-order valence-corrected chi connectivity index (χ3v) is 4.39. The SMILES string of the molecule is O=C(O)c1ccc2c(c1)nc(NCCc1ccccc1)c1cnccc12. The van der Waals surface area contributed by atoms with E-state index in [2.05, 4.69) is 27.4 Å². The molecule has 0 saturated heterocycles. The van der Waals surface area contributed by atoms with Gasteiger partial charge in [-0.15, -0.1) is 0 Å². The Balaban J connectivity index is 1.72. The fourth-order valence-electron chi connectivity index (χ4n) is 3.09. The highest BCUT2D eigenvalue weighted by molar-refractivity contribution is 6.10. The predicted molar refractivity (Wildman–Crippen MR) is 103 cm³/mol. The molecule has 0 atom stereocenters. The number of aromatic carboxylic acids is 1. The van der Waals surface area contributed by atoms with E-state index in [1.54, 1.807) is 24.5 Å². The molecule has 26 heavy (non-hydrogen) atoms. The second-order valence-corrected chi connectivity index (χ2v) is 6.08. The van der Waals surface area contributed by atoms with Crippen LogP contribution in [0.5, 0.6) is 0 Å². The van der Waals surface area contributed by atoms with Gasteiger partial charge in [-0.2, -0.15) is 0 Å². The molecule has 0 aliphatic rings. The first-order valence-corrected chi connectivity index (χ1v) is 8.41. The number of hydrogen-bond acceptors (Lipinski definition) is 4. The second kappa shape index (κ2) is 6.80. The number of carboxylic acid groups (broad SMARTS) is 1. The molecule has 4 rings (SSSR count). The summed E-state index contributed by atoms with van der Waals surface area (Å²) in [7, 11) is 0. The lowest BCUT2D eigenvalue weighted by molar-refractivity contribution is 0.0697. The number of carbonyl (C=O) groups is 1. The lowest BCUT2D eigenvalue weighted by atomic mass is 10.1. The van der Waals surface area contributed by atoms with Crippen molar-refractivity contribution in [1.29, 1.82) is 0 Å². The Kier molecular flexibility index (Phi) is 4.19. The molecule has 4 aromatic rings. The smallest absolute Gasteiger partial charge is 0.335 e. The van der Waals surface area contributed by atoms with E-state index in [1.165, 1.54) is 5.56 Å². The van der Waals surface area contributed by atoms with Crippen LogP contribution in [0.2, 0.25) is 0 Å². The van der Waals surface area contributed by atoms with Gasteiger partial charge in [-0.05, 0) is 35.6 Å². The summed E-state index contributed by atoms with van der Waals surface area (Å²) in [4.78, 5) is 20.2. The number of fused-ring (bicyclic) bond motifs is 3. The van der Waals surface area contributed by atoms with E-state index in [9.17, 15) is 9.90 Å². The molecule has 0 spiro atoms. The van der Waals surface area contributed by atoms with E-state index >= 15 is 0 Å². The van der Waals surface area contributed by atoms with Crippen molar-refractivity contribution in [3.05, 3.63) is 78.1 Å². The molecule has 0 amide bonds. The van der Waals surface area contributed by atoms with Crippen molar-refractivity contribution in [3.8, 4) is 0 Å². The van der Waals surface area contributed by atoms with Crippen LogP contribution in [0.15, 0.2) is 67.0 Å². The van der Waals surface area contributed by atoms with Crippen LogP contribution in [-0.2, 0) is 6.42 Å². The minimum atomic E-state index is -0.956. The maximum Gasteiger partial charge on any atom is 0.335 e. The quantitative estimate of drug-likeness (QED) is 0.533. The van der Waals surface area contributed by atoms with Gasteiger partial charge in [-0.3, -0.25) is 4.98 Å². The Morgan fingerprint density at radius 3 is 2.65 bits per heavy atom. The minimum Gasteiger partial charge on any atom is -0.478 e. The Hall–Kier alpha value is -3.47. The molecule has 0 fully saturated rings. The van der Waals surface area contributed by atoms with E-state index in [-0.39, 0.29) is 5.56 Å². The van der Waals surface area contributed by atoms with Crippen LogP contribution in [0.1, 0.15) is 15.9 Å². The Bertz CT molecular complexity index is 1090. The van der Waals surface area contributed by atoms with E-state index < -0.39 is 5.97 Å². The van der Waals surface area contributed by atoms with Crippen LogP contribution in [0.4, 0.5) is 5.82 Å². The van der Waals surface area contributed by atoms with Gasteiger partial charge < -0.3 is 10.4 Å². The maximum atomic E-state index is 11.3. The van der Waals surface area contributed by atoms with Crippen LogP contribution in [0.25, 0.3) is 21.7 Å². The van der Waals surface area contributed by atoms with E-state index in [1.807, 2.05) is 30.3 Å². The molecular weight excluding hydrogens is 326 g/mol. The number of anilines is 1. The highest BCUT2D eigenvalue weighted by Crippen LogP contribution is 2.29. The first-order chi connectivity index (χ1) is 12.7. The van der Waals surface area contributed by atoms with Gasteiger partial charge in [0.15, 0.2) is 0 Å². The lowest BCUT2D eigenvalue weighted by Gasteiger charge is -2.12. The molecule has 0 unspecified atom stereocenters.